The number of hydrogen-bond donors (Lipinski definition) is 1. The second kappa shape index (κ2) is 6.96. The van der Waals surface area contributed by atoms with Crippen LogP contribution in [-0.2, 0) is 14.8 Å². The first kappa shape index (κ1) is 17.9. The third-order valence-corrected chi connectivity index (χ3v) is 4.54. The van der Waals surface area contributed by atoms with Crippen LogP contribution < -0.4 is 9.62 Å². The normalized spacial score (nSPS) is 12.5. The lowest BCUT2D eigenvalue weighted by molar-refractivity contribution is -0.116. The zero-order valence-electron chi connectivity index (χ0n) is 13.0. The molecule has 0 radical (unpaired) electrons. The highest BCUT2D eigenvalue weighted by molar-refractivity contribution is 7.92. The fraction of sp³-hybridized carbons (Fsp3) is 0.188. The van der Waals surface area contributed by atoms with Gasteiger partial charge in [0.2, 0.25) is 15.9 Å². The van der Waals surface area contributed by atoms with Gasteiger partial charge in [0.05, 0.1) is 17.6 Å². The molecule has 24 heavy (non-hydrogen) atoms. The maximum Gasteiger partial charge on any atom is 0.248 e. The van der Waals surface area contributed by atoms with Crippen molar-refractivity contribution in [1.82, 2.24) is 0 Å². The van der Waals surface area contributed by atoms with Crippen molar-refractivity contribution in [3.8, 4) is 0 Å². The summed E-state index contributed by atoms with van der Waals surface area (Å²) in [5.41, 5.74) is -0.340. The Balaban J connectivity index is 2.36. The number of amides is 1. The summed E-state index contributed by atoms with van der Waals surface area (Å²) in [7, 11) is -3.95. The Morgan fingerprint density at radius 3 is 2.12 bits per heavy atom. The number of nitrogens with zero attached hydrogens (tertiary/aromatic N) is 1. The van der Waals surface area contributed by atoms with Gasteiger partial charge in [-0.05, 0) is 31.2 Å². The van der Waals surface area contributed by atoms with E-state index >= 15 is 0 Å². The Labute approximate surface area is 139 Å². The summed E-state index contributed by atoms with van der Waals surface area (Å²) < 4.78 is 52.4. The van der Waals surface area contributed by atoms with Crippen molar-refractivity contribution in [3.63, 3.8) is 0 Å². The van der Waals surface area contributed by atoms with Gasteiger partial charge in [0.25, 0.3) is 0 Å². The number of rotatable bonds is 5. The minimum Gasteiger partial charge on any atom is -0.322 e. The Hall–Kier alpha value is -2.48. The number of carbonyl (C=O) groups is 1. The number of benzene rings is 2. The summed E-state index contributed by atoms with van der Waals surface area (Å²) in [4.78, 5) is 12.3. The SMILES string of the molecule is CC(C(=O)Nc1ccccc1F)N(c1ccccc1F)S(C)(=O)=O. The van der Waals surface area contributed by atoms with Crippen LogP contribution in [0.4, 0.5) is 20.2 Å². The van der Waals surface area contributed by atoms with Crippen LogP contribution >= 0.6 is 0 Å². The standard InChI is InChI=1S/C16H16F2N2O3S/c1-11(16(21)19-14-9-5-3-7-12(14)17)20(24(2,22)23)15-10-6-4-8-13(15)18/h3-11H,1-2H3,(H,19,21). The van der Waals surface area contributed by atoms with Crippen LogP contribution in [-0.4, -0.2) is 26.6 Å². The molecular formula is C16H16F2N2O3S. The molecule has 2 aromatic rings. The first-order valence-corrected chi connectivity index (χ1v) is 8.86. The average Bonchev–Trinajstić information content (AvgIpc) is 2.50. The number of hydrogen-bond acceptors (Lipinski definition) is 3. The van der Waals surface area contributed by atoms with Gasteiger partial charge < -0.3 is 5.32 Å². The molecule has 0 heterocycles. The molecule has 0 spiro atoms. The van der Waals surface area contributed by atoms with Gasteiger partial charge in [0.1, 0.15) is 17.7 Å². The summed E-state index contributed by atoms with van der Waals surface area (Å²) in [6.45, 7) is 1.30. The van der Waals surface area contributed by atoms with E-state index in [-0.39, 0.29) is 11.4 Å². The van der Waals surface area contributed by atoms with Crippen LogP contribution in [0.1, 0.15) is 6.92 Å². The summed E-state index contributed by atoms with van der Waals surface area (Å²) in [6, 6.07) is 9.40. The van der Waals surface area contributed by atoms with Gasteiger partial charge in [0, 0.05) is 0 Å². The molecule has 2 aromatic carbocycles. The molecule has 0 saturated heterocycles. The van der Waals surface area contributed by atoms with Crippen molar-refractivity contribution < 1.29 is 22.0 Å². The zero-order chi connectivity index (χ0) is 17.9. The minimum absolute atomic E-state index is 0.0867. The average molecular weight is 354 g/mol. The van der Waals surface area contributed by atoms with Gasteiger partial charge >= 0.3 is 0 Å². The highest BCUT2D eigenvalue weighted by Gasteiger charge is 2.31. The van der Waals surface area contributed by atoms with E-state index in [0.29, 0.717) is 4.31 Å². The fourth-order valence-corrected chi connectivity index (χ4v) is 3.39. The number of sulfonamides is 1. The lowest BCUT2D eigenvalue weighted by atomic mass is 10.2. The third-order valence-electron chi connectivity index (χ3n) is 3.31. The topological polar surface area (TPSA) is 66.5 Å². The molecule has 5 nitrogen and oxygen atoms in total. The van der Waals surface area contributed by atoms with Gasteiger partial charge in [-0.1, -0.05) is 24.3 Å². The Bertz CT molecular complexity index is 856. The van der Waals surface area contributed by atoms with Crippen LogP contribution in [0.3, 0.4) is 0 Å². The summed E-state index contributed by atoms with van der Waals surface area (Å²) in [5, 5.41) is 2.31. The first-order valence-electron chi connectivity index (χ1n) is 7.01. The molecular weight excluding hydrogens is 338 g/mol. The molecule has 0 aliphatic heterocycles. The molecule has 8 heteroatoms. The molecule has 0 fully saturated rings. The predicted molar refractivity (Wildman–Crippen MR) is 88.2 cm³/mol. The Morgan fingerprint density at radius 2 is 1.58 bits per heavy atom. The number of anilines is 2. The van der Waals surface area contributed by atoms with Crippen molar-refractivity contribution in [2.24, 2.45) is 0 Å². The van der Waals surface area contributed by atoms with Crippen molar-refractivity contribution in [2.45, 2.75) is 13.0 Å². The number of nitrogens with one attached hydrogen (secondary N) is 1. The second-order valence-electron chi connectivity index (χ2n) is 5.16. The van der Waals surface area contributed by atoms with Crippen molar-refractivity contribution >= 4 is 27.3 Å². The van der Waals surface area contributed by atoms with Crippen LogP contribution in [0.5, 0.6) is 0 Å². The minimum atomic E-state index is -3.95. The molecule has 0 aromatic heterocycles. The van der Waals surface area contributed by atoms with Gasteiger partial charge in [0.15, 0.2) is 0 Å². The van der Waals surface area contributed by atoms with E-state index < -0.39 is 33.6 Å². The van der Waals surface area contributed by atoms with E-state index in [2.05, 4.69) is 5.32 Å². The second-order valence-corrected chi connectivity index (χ2v) is 7.01. The van der Waals surface area contributed by atoms with E-state index in [1.807, 2.05) is 0 Å². The Kier molecular flexibility index (Phi) is 5.18. The molecule has 1 unspecified atom stereocenters. The number of carbonyl (C=O) groups excluding carboxylic acids is 1. The maximum atomic E-state index is 14.0. The molecule has 1 atom stereocenters. The smallest absolute Gasteiger partial charge is 0.248 e. The molecule has 1 amide bonds. The van der Waals surface area contributed by atoms with Crippen LogP contribution in [0.15, 0.2) is 48.5 Å². The quantitative estimate of drug-likeness (QED) is 0.898. The Morgan fingerprint density at radius 1 is 1.04 bits per heavy atom. The van der Waals surface area contributed by atoms with E-state index in [4.69, 9.17) is 0 Å². The molecule has 2 rings (SSSR count). The largest absolute Gasteiger partial charge is 0.322 e. The van der Waals surface area contributed by atoms with Gasteiger partial charge in [-0.25, -0.2) is 17.2 Å². The molecule has 1 N–H and O–H groups in total. The van der Waals surface area contributed by atoms with Crippen molar-refractivity contribution in [2.75, 3.05) is 15.9 Å². The third kappa shape index (κ3) is 3.88. The lowest BCUT2D eigenvalue weighted by Crippen LogP contribution is -2.45. The summed E-state index contributed by atoms with van der Waals surface area (Å²) in [5.74, 6) is -2.22. The predicted octanol–water partition coefficient (Wildman–Crippen LogP) is 2.76. The van der Waals surface area contributed by atoms with E-state index in [1.54, 1.807) is 0 Å². The van der Waals surface area contributed by atoms with Crippen molar-refractivity contribution in [3.05, 3.63) is 60.2 Å². The zero-order valence-corrected chi connectivity index (χ0v) is 13.8. The van der Waals surface area contributed by atoms with Crippen LogP contribution in [0.25, 0.3) is 0 Å². The van der Waals surface area contributed by atoms with E-state index in [9.17, 15) is 22.0 Å². The summed E-state index contributed by atoms with van der Waals surface area (Å²) >= 11 is 0. The highest BCUT2D eigenvalue weighted by Crippen LogP contribution is 2.24. The van der Waals surface area contributed by atoms with E-state index in [1.165, 1.54) is 43.3 Å². The van der Waals surface area contributed by atoms with Crippen LogP contribution in [0.2, 0.25) is 0 Å². The molecule has 128 valence electrons. The fourth-order valence-electron chi connectivity index (χ4n) is 2.21. The van der Waals surface area contributed by atoms with Gasteiger partial charge in [-0.3, -0.25) is 9.10 Å². The van der Waals surface area contributed by atoms with Gasteiger partial charge in [-0.2, -0.15) is 0 Å². The maximum absolute atomic E-state index is 14.0. The lowest BCUT2D eigenvalue weighted by Gasteiger charge is -2.28. The highest BCUT2D eigenvalue weighted by atomic mass is 32.2. The molecule has 0 aliphatic carbocycles. The van der Waals surface area contributed by atoms with Crippen molar-refractivity contribution in [1.29, 1.82) is 0 Å². The molecule has 0 bridgehead atoms. The number of halogens is 2. The van der Waals surface area contributed by atoms with E-state index in [0.717, 1.165) is 18.4 Å². The molecule has 0 saturated carbocycles. The van der Waals surface area contributed by atoms with Crippen LogP contribution in [0, 0.1) is 11.6 Å². The monoisotopic (exact) mass is 354 g/mol. The van der Waals surface area contributed by atoms with Gasteiger partial charge in [-0.15, -0.1) is 0 Å². The first-order chi connectivity index (χ1) is 11.2. The molecule has 0 aliphatic rings. The summed E-state index contributed by atoms with van der Waals surface area (Å²) in [6.07, 6.45) is 0.867. The number of para-hydroxylation sites is 2.